The molecule has 0 amide bonds. The molecule has 84 valence electrons. The minimum absolute atomic E-state index is 0.298. The molecule has 0 aromatic carbocycles. The maximum atomic E-state index is 6.04. The molecule has 1 aliphatic carbocycles. The van der Waals surface area contributed by atoms with E-state index in [2.05, 4.69) is 24.0 Å². The Morgan fingerprint density at radius 1 is 1.53 bits per heavy atom. The van der Waals surface area contributed by atoms with Gasteiger partial charge in [-0.1, -0.05) is 13.8 Å². The third kappa shape index (κ3) is 2.04. The van der Waals surface area contributed by atoms with Crippen molar-refractivity contribution in [1.29, 1.82) is 0 Å². The topological polar surface area (TPSA) is 56.7 Å². The predicted molar refractivity (Wildman–Crippen MR) is 59.4 cm³/mol. The Hall–Kier alpha value is -0.900. The Labute approximate surface area is 90.8 Å². The summed E-state index contributed by atoms with van der Waals surface area (Å²) in [5.41, 5.74) is 7.43. The highest BCUT2D eigenvalue weighted by Crippen LogP contribution is 2.45. The molecule has 0 aliphatic heterocycles. The van der Waals surface area contributed by atoms with Crippen molar-refractivity contribution in [3.05, 3.63) is 11.9 Å². The van der Waals surface area contributed by atoms with Crippen LogP contribution in [0.5, 0.6) is 0 Å². The van der Waals surface area contributed by atoms with Crippen LogP contribution in [0.25, 0.3) is 0 Å². The van der Waals surface area contributed by atoms with Crippen molar-refractivity contribution >= 4 is 0 Å². The van der Waals surface area contributed by atoms with Crippen molar-refractivity contribution in [3.8, 4) is 0 Å². The Bertz CT molecular complexity index is 342. The van der Waals surface area contributed by atoms with Gasteiger partial charge in [-0.25, -0.2) is 0 Å². The van der Waals surface area contributed by atoms with E-state index in [9.17, 15) is 0 Å². The number of hydrogen-bond donors (Lipinski definition) is 1. The fourth-order valence-electron chi connectivity index (χ4n) is 2.51. The summed E-state index contributed by atoms with van der Waals surface area (Å²) in [7, 11) is 1.86. The highest BCUT2D eigenvalue weighted by atomic mass is 15.4. The van der Waals surface area contributed by atoms with Gasteiger partial charge in [-0.15, -0.1) is 0 Å². The second-order valence-electron chi connectivity index (χ2n) is 5.33. The molecular formula is C11H20N4. The Morgan fingerprint density at radius 2 is 2.27 bits per heavy atom. The number of hydrogen-bond acceptors (Lipinski definition) is 3. The first-order valence-corrected chi connectivity index (χ1v) is 5.61. The molecule has 1 aliphatic rings. The molecule has 2 atom stereocenters. The molecule has 1 heterocycles. The summed E-state index contributed by atoms with van der Waals surface area (Å²) in [4.78, 5) is 1.63. The van der Waals surface area contributed by atoms with Gasteiger partial charge in [0.15, 0.2) is 0 Å². The van der Waals surface area contributed by atoms with Crippen LogP contribution in [0.3, 0.4) is 0 Å². The van der Waals surface area contributed by atoms with Crippen LogP contribution in [0.4, 0.5) is 0 Å². The molecule has 1 fully saturated rings. The molecule has 0 radical (unpaired) electrons. The largest absolute Gasteiger partial charge is 0.328 e. The molecule has 1 aromatic rings. The smallest absolute Gasteiger partial charge is 0.0863 e. The Morgan fingerprint density at radius 3 is 2.87 bits per heavy atom. The van der Waals surface area contributed by atoms with Crippen molar-refractivity contribution in [2.45, 2.75) is 45.1 Å². The van der Waals surface area contributed by atoms with Crippen LogP contribution in [0.1, 0.15) is 44.7 Å². The van der Waals surface area contributed by atoms with Crippen molar-refractivity contribution in [2.24, 2.45) is 18.2 Å². The maximum absolute atomic E-state index is 6.04. The number of aryl methyl sites for hydroxylation is 1. The summed E-state index contributed by atoms with van der Waals surface area (Å²) in [5.74, 6) is 0.454. The molecule has 0 bridgehead atoms. The van der Waals surface area contributed by atoms with Crippen molar-refractivity contribution in [1.82, 2.24) is 15.0 Å². The number of nitrogens with two attached hydrogens (primary N) is 1. The van der Waals surface area contributed by atoms with E-state index in [1.54, 1.807) is 4.80 Å². The van der Waals surface area contributed by atoms with Gasteiger partial charge in [0.1, 0.15) is 0 Å². The molecule has 4 nitrogen and oxygen atoms in total. The normalized spacial score (nSPS) is 30.4. The zero-order chi connectivity index (χ0) is 11.1. The van der Waals surface area contributed by atoms with Gasteiger partial charge < -0.3 is 5.73 Å². The molecule has 2 unspecified atom stereocenters. The maximum Gasteiger partial charge on any atom is 0.0863 e. The summed E-state index contributed by atoms with van der Waals surface area (Å²) < 4.78 is 0. The third-order valence-corrected chi connectivity index (χ3v) is 3.62. The van der Waals surface area contributed by atoms with Crippen LogP contribution >= 0.6 is 0 Å². The fourth-order valence-corrected chi connectivity index (χ4v) is 2.51. The van der Waals surface area contributed by atoms with Gasteiger partial charge in [-0.3, -0.25) is 0 Å². The number of rotatable bonds is 1. The molecule has 2 rings (SSSR count). The third-order valence-electron chi connectivity index (χ3n) is 3.62. The fraction of sp³-hybridized carbons (Fsp3) is 0.818. The molecule has 2 N–H and O–H groups in total. The van der Waals surface area contributed by atoms with E-state index in [1.165, 1.54) is 6.42 Å². The molecule has 1 saturated carbocycles. The van der Waals surface area contributed by atoms with Crippen molar-refractivity contribution in [2.75, 3.05) is 0 Å². The Balaban J connectivity index is 2.25. The lowest BCUT2D eigenvalue weighted by molar-refractivity contribution is 0.179. The van der Waals surface area contributed by atoms with Gasteiger partial charge in [0.25, 0.3) is 0 Å². The van der Waals surface area contributed by atoms with Crippen LogP contribution in [0.15, 0.2) is 6.20 Å². The minimum Gasteiger partial charge on any atom is -0.328 e. The minimum atomic E-state index is 0.298. The standard InChI is InChI=1S/C11H20N4/c1-11(2)5-4-8(12)6-9(11)10-7-13-15(3)14-10/h7-9H,4-6,12H2,1-3H3. The van der Waals surface area contributed by atoms with E-state index in [0.29, 0.717) is 17.4 Å². The molecule has 1 aromatic heterocycles. The molecular weight excluding hydrogens is 188 g/mol. The lowest BCUT2D eigenvalue weighted by atomic mass is 9.66. The first-order valence-electron chi connectivity index (χ1n) is 5.61. The first-order chi connectivity index (χ1) is 6.99. The monoisotopic (exact) mass is 208 g/mol. The van der Waals surface area contributed by atoms with E-state index in [-0.39, 0.29) is 0 Å². The van der Waals surface area contributed by atoms with Gasteiger partial charge in [-0.2, -0.15) is 15.0 Å². The van der Waals surface area contributed by atoms with Crippen molar-refractivity contribution in [3.63, 3.8) is 0 Å². The van der Waals surface area contributed by atoms with E-state index >= 15 is 0 Å². The summed E-state index contributed by atoms with van der Waals surface area (Å²) >= 11 is 0. The summed E-state index contributed by atoms with van der Waals surface area (Å²) in [5, 5.41) is 8.56. The second kappa shape index (κ2) is 3.59. The van der Waals surface area contributed by atoms with Gasteiger partial charge in [0.05, 0.1) is 11.9 Å². The zero-order valence-electron chi connectivity index (χ0n) is 9.77. The summed E-state index contributed by atoms with van der Waals surface area (Å²) in [6.07, 6.45) is 5.22. The van der Waals surface area contributed by atoms with Gasteiger partial charge >= 0.3 is 0 Å². The zero-order valence-corrected chi connectivity index (χ0v) is 9.77. The van der Waals surface area contributed by atoms with Crippen molar-refractivity contribution < 1.29 is 0 Å². The average molecular weight is 208 g/mol. The van der Waals surface area contributed by atoms with Crippen LogP contribution < -0.4 is 5.73 Å². The lowest BCUT2D eigenvalue weighted by Gasteiger charge is -2.40. The van der Waals surface area contributed by atoms with E-state index in [4.69, 9.17) is 5.73 Å². The Kier molecular flexibility index (Phi) is 2.54. The highest BCUT2D eigenvalue weighted by molar-refractivity contribution is 5.09. The SMILES string of the molecule is Cn1ncc(C2CC(N)CCC2(C)C)n1. The highest BCUT2D eigenvalue weighted by Gasteiger charge is 2.37. The van der Waals surface area contributed by atoms with E-state index < -0.39 is 0 Å². The first kappa shape index (κ1) is 10.6. The number of aromatic nitrogens is 3. The summed E-state index contributed by atoms with van der Waals surface area (Å²) in [6.45, 7) is 4.61. The van der Waals surface area contributed by atoms with Gasteiger partial charge in [-0.05, 0) is 24.7 Å². The van der Waals surface area contributed by atoms with Crippen LogP contribution in [-0.4, -0.2) is 21.0 Å². The quantitative estimate of drug-likeness (QED) is 0.759. The lowest BCUT2D eigenvalue weighted by Crippen LogP contribution is -2.37. The predicted octanol–water partition coefficient (Wildman–Crippen LogP) is 1.44. The molecule has 4 heteroatoms. The molecule has 15 heavy (non-hydrogen) atoms. The average Bonchev–Trinajstić information content (AvgIpc) is 2.56. The van der Waals surface area contributed by atoms with Gasteiger partial charge in [0, 0.05) is 19.0 Å². The summed E-state index contributed by atoms with van der Waals surface area (Å²) in [6, 6.07) is 0.324. The van der Waals surface area contributed by atoms with Crippen LogP contribution in [-0.2, 0) is 7.05 Å². The molecule has 0 saturated heterocycles. The van der Waals surface area contributed by atoms with Crippen LogP contribution in [0, 0.1) is 5.41 Å². The number of nitrogens with zero attached hydrogens (tertiary/aromatic N) is 3. The van der Waals surface area contributed by atoms with E-state index in [0.717, 1.165) is 18.5 Å². The molecule has 0 spiro atoms. The van der Waals surface area contributed by atoms with E-state index in [1.807, 2.05) is 13.2 Å². The van der Waals surface area contributed by atoms with Gasteiger partial charge in [0.2, 0.25) is 0 Å². The second-order valence-corrected chi connectivity index (χ2v) is 5.33. The van der Waals surface area contributed by atoms with Crippen LogP contribution in [0.2, 0.25) is 0 Å².